The third-order valence-electron chi connectivity index (χ3n) is 3.62. The summed E-state index contributed by atoms with van der Waals surface area (Å²) in [6.45, 7) is 2.06. The summed E-state index contributed by atoms with van der Waals surface area (Å²) in [7, 11) is 0. The lowest BCUT2D eigenvalue weighted by Gasteiger charge is -2.16. The molecule has 1 unspecified atom stereocenters. The first-order chi connectivity index (χ1) is 10.8. The molecule has 0 aliphatic carbocycles. The first kappa shape index (κ1) is 14.3. The van der Waals surface area contributed by atoms with Crippen molar-refractivity contribution < 1.29 is 0 Å². The molecule has 112 valence electrons. The molecule has 1 aliphatic heterocycles. The Morgan fingerprint density at radius 3 is 2.36 bits per heavy atom. The zero-order valence-electron chi connectivity index (χ0n) is 12.7. The van der Waals surface area contributed by atoms with Crippen molar-refractivity contribution in [3.05, 3.63) is 71.8 Å². The number of hydrogen-bond donors (Lipinski definition) is 2. The highest BCUT2D eigenvalue weighted by Gasteiger charge is 2.04. The fraction of sp³-hybridized carbons (Fsp3) is 0.222. The number of anilines is 1. The molecular formula is C18H20N4. The Labute approximate surface area is 131 Å². The maximum absolute atomic E-state index is 4.23. The van der Waals surface area contributed by atoms with Crippen LogP contribution in [0.3, 0.4) is 0 Å². The van der Waals surface area contributed by atoms with Gasteiger partial charge in [0.2, 0.25) is 0 Å². The number of aryl methyl sites for hydroxylation is 2. The normalized spacial score (nSPS) is 16.8. The van der Waals surface area contributed by atoms with Gasteiger partial charge in [0.15, 0.2) is 0 Å². The van der Waals surface area contributed by atoms with Crippen molar-refractivity contribution in [2.75, 3.05) is 5.32 Å². The van der Waals surface area contributed by atoms with Crippen LogP contribution in [0.4, 0.5) is 5.69 Å². The smallest absolute Gasteiger partial charge is 0.106 e. The summed E-state index contributed by atoms with van der Waals surface area (Å²) in [5.74, 6) is 0.979. The lowest BCUT2D eigenvalue weighted by molar-refractivity contribution is 0.872. The standard InChI is InChI=1S/C18H20N4/c1-14-12-18(21-13-20-14)22-17-6-4-15(5-7-17)2-3-16-8-10-19-11-9-16/h4-14,22H,2-3H2,1H3,(H,20,21). The Morgan fingerprint density at radius 1 is 1.00 bits per heavy atom. The van der Waals surface area contributed by atoms with Gasteiger partial charge in [-0.3, -0.25) is 9.98 Å². The highest BCUT2D eigenvalue weighted by atomic mass is 15.1. The summed E-state index contributed by atoms with van der Waals surface area (Å²) in [6, 6.07) is 12.9. The summed E-state index contributed by atoms with van der Waals surface area (Å²) in [6.07, 6.45) is 9.56. The van der Waals surface area contributed by atoms with Crippen LogP contribution in [-0.2, 0) is 12.8 Å². The number of nitrogens with one attached hydrogen (secondary N) is 2. The Hall–Kier alpha value is -2.62. The lowest BCUT2D eigenvalue weighted by Crippen LogP contribution is -2.23. The molecule has 0 fully saturated rings. The van der Waals surface area contributed by atoms with Crippen molar-refractivity contribution in [2.24, 2.45) is 4.99 Å². The number of pyridine rings is 1. The number of nitrogens with zero attached hydrogens (tertiary/aromatic N) is 2. The molecule has 0 amide bonds. The van der Waals surface area contributed by atoms with Crippen LogP contribution in [0.1, 0.15) is 18.1 Å². The topological polar surface area (TPSA) is 49.3 Å². The molecule has 2 aromatic rings. The van der Waals surface area contributed by atoms with Gasteiger partial charge in [0.1, 0.15) is 5.82 Å². The van der Waals surface area contributed by atoms with Crippen molar-refractivity contribution >= 4 is 12.0 Å². The third kappa shape index (κ3) is 3.95. The van der Waals surface area contributed by atoms with Crippen molar-refractivity contribution in [3.63, 3.8) is 0 Å². The average Bonchev–Trinajstić information content (AvgIpc) is 2.55. The predicted octanol–water partition coefficient (Wildman–Crippen LogP) is 3.14. The molecule has 1 atom stereocenters. The molecule has 1 aliphatic rings. The zero-order chi connectivity index (χ0) is 15.2. The van der Waals surface area contributed by atoms with Crippen molar-refractivity contribution in [3.8, 4) is 0 Å². The maximum atomic E-state index is 4.23. The van der Waals surface area contributed by atoms with E-state index in [2.05, 4.69) is 70.0 Å². The summed E-state index contributed by atoms with van der Waals surface area (Å²) in [4.78, 5) is 8.28. The zero-order valence-corrected chi connectivity index (χ0v) is 12.7. The first-order valence-corrected chi connectivity index (χ1v) is 7.54. The molecule has 1 aromatic carbocycles. The van der Waals surface area contributed by atoms with Gasteiger partial charge < -0.3 is 10.6 Å². The van der Waals surface area contributed by atoms with E-state index in [4.69, 9.17) is 0 Å². The van der Waals surface area contributed by atoms with Gasteiger partial charge in [0, 0.05) is 18.1 Å². The molecule has 0 saturated heterocycles. The van der Waals surface area contributed by atoms with Crippen LogP contribution in [0.15, 0.2) is 65.7 Å². The van der Waals surface area contributed by atoms with Crippen LogP contribution in [0, 0.1) is 0 Å². The molecule has 0 radical (unpaired) electrons. The van der Waals surface area contributed by atoms with E-state index < -0.39 is 0 Å². The number of aromatic nitrogens is 1. The number of aliphatic imine (C=N–C) groups is 1. The van der Waals surface area contributed by atoms with Crippen molar-refractivity contribution in [1.82, 2.24) is 10.3 Å². The van der Waals surface area contributed by atoms with Crippen LogP contribution in [0.2, 0.25) is 0 Å². The van der Waals surface area contributed by atoms with Crippen LogP contribution in [0.5, 0.6) is 0 Å². The quantitative estimate of drug-likeness (QED) is 0.890. The van der Waals surface area contributed by atoms with E-state index in [9.17, 15) is 0 Å². The van der Waals surface area contributed by atoms with Crippen molar-refractivity contribution in [1.29, 1.82) is 0 Å². The van der Waals surface area contributed by atoms with Gasteiger partial charge >= 0.3 is 0 Å². The minimum absolute atomic E-state index is 0.211. The fourth-order valence-corrected chi connectivity index (χ4v) is 2.38. The minimum Gasteiger partial charge on any atom is -0.342 e. The molecule has 4 heteroatoms. The largest absolute Gasteiger partial charge is 0.342 e. The van der Waals surface area contributed by atoms with Crippen LogP contribution >= 0.6 is 0 Å². The van der Waals surface area contributed by atoms with Crippen molar-refractivity contribution in [2.45, 2.75) is 25.8 Å². The van der Waals surface area contributed by atoms with E-state index in [1.54, 1.807) is 6.34 Å². The average molecular weight is 292 g/mol. The highest BCUT2D eigenvalue weighted by Crippen LogP contribution is 2.14. The van der Waals surface area contributed by atoms with Crippen LogP contribution in [0.25, 0.3) is 0 Å². The summed E-state index contributed by atoms with van der Waals surface area (Å²) < 4.78 is 0. The second-order valence-electron chi connectivity index (χ2n) is 5.42. The third-order valence-corrected chi connectivity index (χ3v) is 3.62. The first-order valence-electron chi connectivity index (χ1n) is 7.54. The molecule has 4 nitrogen and oxygen atoms in total. The summed E-state index contributed by atoms with van der Waals surface area (Å²) in [5.41, 5.74) is 3.74. The molecule has 2 heterocycles. The molecular weight excluding hydrogens is 272 g/mol. The predicted molar refractivity (Wildman–Crippen MR) is 90.9 cm³/mol. The van der Waals surface area contributed by atoms with E-state index in [1.807, 2.05) is 12.4 Å². The Bertz CT molecular complexity index is 659. The number of benzene rings is 1. The van der Waals surface area contributed by atoms with E-state index in [0.717, 1.165) is 24.4 Å². The molecule has 0 bridgehead atoms. The Morgan fingerprint density at radius 2 is 1.68 bits per heavy atom. The van der Waals surface area contributed by atoms with Gasteiger partial charge in [-0.15, -0.1) is 0 Å². The Balaban J connectivity index is 1.56. The second kappa shape index (κ2) is 6.89. The SMILES string of the molecule is CC1C=C(Nc2ccc(CCc3ccncc3)cc2)NC=N1. The van der Waals surface area contributed by atoms with E-state index in [-0.39, 0.29) is 6.04 Å². The number of rotatable bonds is 5. The molecule has 1 aromatic heterocycles. The fourth-order valence-electron chi connectivity index (χ4n) is 2.38. The highest BCUT2D eigenvalue weighted by molar-refractivity contribution is 5.63. The molecule has 0 spiro atoms. The maximum Gasteiger partial charge on any atom is 0.106 e. The van der Waals surface area contributed by atoms with Gasteiger partial charge in [-0.25, -0.2) is 0 Å². The second-order valence-corrected chi connectivity index (χ2v) is 5.42. The van der Waals surface area contributed by atoms with E-state index in [0.29, 0.717) is 0 Å². The van der Waals surface area contributed by atoms with Gasteiger partial charge in [0.05, 0.1) is 12.4 Å². The van der Waals surface area contributed by atoms with Crippen LogP contribution in [-0.4, -0.2) is 17.4 Å². The Kier molecular flexibility index (Phi) is 4.49. The summed E-state index contributed by atoms with van der Waals surface area (Å²) >= 11 is 0. The van der Waals surface area contributed by atoms with Gasteiger partial charge in [-0.2, -0.15) is 0 Å². The lowest BCUT2D eigenvalue weighted by atomic mass is 10.1. The minimum atomic E-state index is 0.211. The molecule has 3 rings (SSSR count). The van der Waals surface area contributed by atoms with E-state index in [1.165, 1.54) is 11.1 Å². The molecule has 2 N–H and O–H groups in total. The summed E-state index contributed by atoms with van der Waals surface area (Å²) in [5, 5.41) is 6.47. The molecule has 22 heavy (non-hydrogen) atoms. The monoisotopic (exact) mass is 292 g/mol. The van der Waals surface area contributed by atoms with Gasteiger partial charge in [-0.05, 0) is 61.2 Å². The molecule has 0 saturated carbocycles. The van der Waals surface area contributed by atoms with E-state index >= 15 is 0 Å². The van der Waals surface area contributed by atoms with Gasteiger partial charge in [-0.1, -0.05) is 12.1 Å². The van der Waals surface area contributed by atoms with Gasteiger partial charge in [0.25, 0.3) is 0 Å². The number of hydrogen-bond acceptors (Lipinski definition) is 4. The van der Waals surface area contributed by atoms with Crippen LogP contribution < -0.4 is 10.6 Å².